The maximum absolute atomic E-state index is 12.6. The minimum absolute atomic E-state index is 0.0906. The Bertz CT molecular complexity index is 726. The first kappa shape index (κ1) is 16.7. The number of phosphoric acid groups is 2. The van der Waals surface area contributed by atoms with Gasteiger partial charge in [-0.2, -0.15) is 4.31 Å². The van der Waals surface area contributed by atoms with Crippen LogP contribution in [0.3, 0.4) is 0 Å². The van der Waals surface area contributed by atoms with E-state index in [9.17, 15) is 9.13 Å². The molecule has 0 heterocycles. The summed E-state index contributed by atoms with van der Waals surface area (Å²) in [5.41, 5.74) is 0.605. The zero-order chi connectivity index (χ0) is 16.2. The van der Waals surface area contributed by atoms with Crippen LogP contribution in [-0.4, -0.2) is 9.79 Å². The fraction of sp³-hybridized carbons (Fsp3) is 0.0769. The van der Waals surface area contributed by atoms with Crippen LogP contribution in [0, 0.1) is 6.92 Å². The molecule has 118 valence electrons. The molecule has 0 radical (unpaired) electrons. The van der Waals surface area contributed by atoms with Crippen molar-refractivity contribution in [2.45, 2.75) is 6.92 Å². The Kier molecular flexibility index (Phi) is 5.06. The van der Waals surface area contributed by atoms with E-state index in [2.05, 4.69) is 4.31 Å². The molecule has 9 heteroatoms. The van der Waals surface area contributed by atoms with Gasteiger partial charge in [0.05, 0.1) is 0 Å². The molecule has 7 nitrogen and oxygen atoms in total. The largest absolute Gasteiger partial charge is 0.596 e. The number of aryl methyl sites for hydroxylation is 1. The fourth-order valence-electron chi connectivity index (χ4n) is 1.57. The van der Waals surface area contributed by atoms with E-state index in [1.54, 1.807) is 43.3 Å². The minimum atomic E-state index is -5.09. The van der Waals surface area contributed by atoms with Gasteiger partial charge >= 0.3 is 15.6 Å². The average Bonchev–Trinajstić information content (AvgIpc) is 2.40. The highest BCUT2D eigenvalue weighted by molar-refractivity contribution is 7.61. The van der Waals surface area contributed by atoms with Crippen LogP contribution >= 0.6 is 15.6 Å². The maximum Gasteiger partial charge on any atom is 0.596 e. The van der Waals surface area contributed by atoms with Crippen LogP contribution in [0.15, 0.2) is 54.6 Å². The van der Waals surface area contributed by atoms with E-state index in [0.717, 1.165) is 0 Å². The Hall–Kier alpha value is -1.62. The zero-order valence-electron chi connectivity index (χ0n) is 11.5. The SMILES string of the molecule is Cc1ccccc1OP(=O)(Oc1ccccc1)OP(=O)(O)O. The van der Waals surface area contributed by atoms with Crippen molar-refractivity contribution in [2.75, 3.05) is 0 Å². The minimum Gasteiger partial charge on any atom is -0.395 e. The molecule has 0 aromatic heterocycles. The van der Waals surface area contributed by atoms with E-state index in [0.29, 0.717) is 5.56 Å². The summed E-state index contributed by atoms with van der Waals surface area (Å²) < 4.78 is 38.1. The van der Waals surface area contributed by atoms with Crippen LogP contribution in [0.2, 0.25) is 0 Å². The maximum atomic E-state index is 12.6. The van der Waals surface area contributed by atoms with Gasteiger partial charge in [-0.25, -0.2) is 9.13 Å². The van der Waals surface area contributed by atoms with Gasteiger partial charge in [-0.15, -0.1) is 0 Å². The second-order valence-electron chi connectivity index (χ2n) is 4.28. The van der Waals surface area contributed by atoms with Crippen LogP contribution in [0.1, 0.15) is 5.56 Å². The van der Waals surface area contributed by atoms with E-state index in [1.807, 2.05) is 0 Å². The van der Waals surface area contributed by atoms with Crippen LogP contribution in [0.5, 0.6) is 11.5 Å². The lowest BCUT2D eigenvalue weighted by atomic mass is 10.2. The molecule has 0 aliphatic heterocycles. The van der Waals surface area contributed by atoms with Gasteiger partial charge in [-0.1, -0.05) is 36.4 Å². The second kappa shape index (κ2) is 6.65. The van der Waals surface area contributed by atoms with Crippen LogP contribution in [-0.2, 0) is 13.4 Å². The quantitative estimate of drug-likeness (QED) is 0.771. The summed E-state index contributed by atoms with van der Waals surface area (Å²) in [7, 11) is -9.66. The van der Waals surface area contributed by atoms with Crippen LogP contribution in [0.25, 0.3) is 0 Å². The summed E-state index contributed by atoms with van der Waals surface area (Å²) in [6.07, 6.45) is 0. The van der Waals surface area contributed by atoms with Crippen molar-refractivity contribution in [3.63, 3.8) is 0 Å². The van der Waals surface area contributed by atoms with Gasteiger partial charge in [-0.05, 0) is 30.7 Å². The Morgan fingerprint density at radius 3 is 2.05 bits per heavy atom. The lowest BCUT2D eigenvalue weighted by Gasteiger charge is -2.19. The van der Waals surface area contributed by atoms with Crippen LogP contribution < -0.4 is 9.05 Å². The van der Waals surface area contributed by atoms with E-state index in [1.165, 1.54) is 18.2 Å². The molecule has 0 saturated heterocycles. The summed E-state index contributed by atoms with van der Waals surface area (Å²) in [6.45, 7) is 1.68. The Balaban J connectivity index is 2.31. The molecule has 0 saturated carbocycles. The van der Waals surface area contributed by atoms with Crippen molar-refractivity contribution in [1.29, 1.82) is 0 Å². The van der Waals surface area contributed by atoms with Gasteiger partial charge in [0.2, 0.25) is 0 Å². The Morgan fingerprint density at radius 1 is 0.864 bits per heavy atom. The number of hydrogen-bond donors (Lipinski definition) is 2. The number of para-hydroxylation sites is 2. The molecular formula is C13H14O7P2. The monoisotopic (exact) mass is 344 g/mol. The van der Waals surface area contributed by atoms with Gasteiger partial charge < -0.3 is 18.8 Å². The molecule has 2 aromatic rings. The number of phosphoric ester groups is 1. The Morgan fingerprint density at radius 2 is 1.45 bits per heavy atom. The van der Waals surface area contributed by atoms with Crippen molar-refractivity contribution in [1.82, 2.24) is 0 Å². The summed E-state index contributed by atoms with van der Waals surface area (Å²) in [6, 6.07) is 14.3. The molecule has 2 rings (SSSR count). The lowest BCUT2D eigenvalue weighted by Crippen LogP contribution is -2.04. The molecule has 1 atom stereocenters. The van der Waals surface area contributed by atoms with Gasteiger partial charge in [0.1, 0.15) is 11.5 Å². The van der Waals surface area contributed by atoms with Gasteiger partial charge in [-0.3, -0.25) is 0 Å². The third-order valence-electron chi connectivity index (χ3n) is 2.47. The third kappa shape index (κ3) is 4.98. The number of rotatable bonds is 6. The van der Waals surface area contributed by atoms with E-state index in [4.69, 9.17) is 18.8 Å². The van der Waals surface area contributed by atoms with E-state index < -0.39 is 15.6 Å². The predicted molar refractivity (Wildman–Crippen MR) is 79.6 cm³/mol. The molecule has 2 N–H and O–H groups in total. The molecule has 0 aliphatic rings. The normalized spacial score (nSPS) is 14.1. The van der Waals surface area contributed by atoms with E-state index >= 15 is 0 Å². The fourth-order valence-corrected chi connectivity index (χ4v) is 3.74. The summed E-state index contributed by atoms with van der Waals surface area (Å²) in [4.78, 5) is 17.9. The summed E-state index contributed by atoms with van der Waals surface area (Å²) >= 11 is 0. The highest BCUT2D eigenvalue weighted by Gasteiger charge is 2.39. The average molecular weight is 344 g/mol. The topological polar surface area (TPSA) is 102 Å². The third-order valence-corrected chi connectivity index (χ3v) is 4.98. The van der Waals surface area contributed by atoms with Gasteiger partial charge in [0, 0.05) is 0 Å². The zero-order valence-corrected chi connectivity index (χ0v) is 13.3. The van der Waals surface area contributed by atoms with Crippen molar-refractivity contribution in [2.24, 2.45) is 0 Å². The number of benzene rings is 2. The summed E-state index contributed by atoms with van der Waals surface area (Å²) in [5.74, 6) is 0.225. The highest BCUT2D eigenvalue weighted by atomic mass is 31.3. The molecule has 0 aliphatic carbocycles. The molecular weight excluding hydrogens is 330 g/mol. The van der Waals surface area contributed by atoms with Crippen molar-refractivity contribution < 1.29 is 32.3 Å². The predicted octanol–water partition coefficient (Wildman–Crippen LogP) is 3.67. The Labute approximate surface area is 127 Å². The first-order chi connectivity index (χ1) is 10.3. The van der Waals surface area contributed by atoms with Crippen molar-refractivity contribution in [3.8, 4) is 11.5 Å². The molecule has 1 unspecified atom stereocenters. The molecule has 2 aromatic carbocycles. The lowest BCUT2D eigenvalue weighted by molar-refractivity contribution is 0.233. The van der Waals surface area contributed by atoms with Crippen LogP contribution in [0.4, 0.5) is 0 Å². The molecule has 0 spiro atoms. The first-order valence-corrected chi connectivity index (χ1v) is 9.13. The first-order valence-electron chi connectivity index (χ1n) is 6.14. The van der Waals surface area contributed by atoms with Gasteiger partial charge in [0.25, 0.3) is 0 Å². The van der Waals surface area contributed by atoms with Crippen molar-refractivity contribution >= 4 is 15.6 Å². The molecule has 0 amide bonds. The second-order valence-corrected chi connectivity index (χ2v) is 7.17. The molecule has 0 fully saturated rings. The van der Waals surface area contributed by atoms with Crippen molar-refractivity contribution in [3.05, 3.63) is 60.2 Å². The summed E-state index contributed by atoms with van der Waals surface area (Å²) in [5, 5.41) is 0. The van der Waals surface area contributed by atoms with E-state index in [-0.39, 0.29) is 11.5 Å². The molecule has 22 heavy (non-hydrogen) atoms. The smallest absolute Gasteiger partial charge is 0.395 e. The highest BCUT2D eigenvalue weighted by Crippen LogP contribution is 2.60. The standard InChI is InChI=1S/C13H14O7P2/c1-11-7-5-6-10-13(11)19-22(17,20-21(14,15)16)18-12-8-3-2-4-9-12/h2-10H,1H3,(H2,14,15,16). The number of hydrogen-bond acceptors (Lipinski definition) is 5. The molecule has 0 bridgehead atoms. The van der Waals surface area contributed by atoms with Gasteiger partial charge in [0.15, 0.2) is 0 Å².